The van der Waals surface area contributed by atoms with Crippen LogP contribution in [0.5, 0.6) is 0 Å². The van der Waals surface area contributed by atoms with E-state index < -0.39 is 0 Å². The Morgan fingerprint density at radius 1 is 1.47 bits per heavy atom. The van der Waals surface area contributed by atoms with Crippen molar-refractivity contribution >= 4 is 22.8 Å². The Morgan fingerprint density at radius 2 is 2.35 bits per heavy atom. The van der Waals surface area contributed by atoms with Gasteiger partial charge in [-0.15, -0.1) is 0 Å². The van der Waals surface area contributed by atoms with Gasteiger partial charge in [-0.25, -0.2) is 4.79 Å². The number of benzene rings is 1. The molecule has 1 aromatic heterocycles. The monoisotopic (exact) mass is 248 g/mol. The van der Waals surface area contributed by atoms with E-state index in [1.54, 1.807) is 0 Å². The zero-order valence-corrected chi connectivity index (χ0v) is 10.7. The lowest BCUT2D eigenvalue weighted by molar-refractivity contribution is 0.499. The molecule has 1 N–H and O–H groups in total. The van der Waals surface area contributed by atoms with Crippen LogP contribution < -0.4 is 5.69 Å². The maximum Gasteiger partial charge on any atom is 0.326 e. The summed E-state index contributed by atoms with van der Waals surface area (Å²) in [6.07, 6.45) is 2.33. The van der Waals surface area contributed by atoms with Crippen LogP contribution in [0.4, 0.5) is 0 Å². The fraction of sp³-hybridized carbons (Fsp3) is 0.462. The molecule has 2 heterocycles. The molecular weight excluding hydrogens is 232 g/mol. The Kier molecular flexibility index (Phi) is 2.74. The third-order valence-corrected chi connectivity index (χ3v) is 4.66. The minimum Gasteiger partial charge on any atom is -0.305 e. The molecule has 0 spiro atoms. The maximum absolute atomic E-state index is 12.1. The van der Waals surface area contributed by atoms with Crippen molar-refractivity contribution in [2.45, 2.75) is 25.8 Å². The van der Waals surface area contributed by atoms with E-state index in [1.807, 2.05) is 41.5 Å². The van der Waals surface area contributed by atoms with Crippen LogP contribution in [0.1, 0.15) is 24.4 Å². The topological polar surface area (TPSA) is 37.8 Å². The quantitative estimate of drug-likeness (QED) is 0.842. The molecule has 90 valence electrons. The number of nitrogens with zero attached hydrogens (tertiary/aromatic N) is 1. The van der Waals surface area contributed by atoms with Gasteiger partial charge in [0, 0.05) is 11.8 Å². The summed E-state index contributed by atoms with van der Waals surface area (Å²) in [7, 11) is 0. The van der Waals surface area contributed by atoms with E-state index >= 15 is 0 Å². The maximum atomic E-state index is 12.1. The molecule has 3 nitrogen and oxygen atoms in total. The van der Waals surface area contributed by atoms with E-state index in [0.717, 1.165) is 28.8 Å². The molecule has 3 rings (SSSR count). The number of aromatic nitrogens is 2. The van der Waals surface area contributed by atoms with Crippen molar-refractivity contribution in [3.05, 3.63) is 34.2 Å². The number of thioether (sulfide) groups is 1. The van der Waals surface area contributed by atoms with Crippen LogP contribution >= 0.6 is 11.8 Å². The van der Waals surface area contributed by atoms with Crippen molar-refractivity contribution < 1.29 is 0 Å². The molecular formula is C13H16N2OS. The molecule has 0 amide bonds. The predicted octanol–water partition coefficient (Wildman–Crippen LogP) is 2.71. The Labute approximate surface area is 104 Å². The highest BCUT2D eigenvalue weighted by Gasteiger charge is 2.20. The second kappa shape index (κ2) is 4.26. The van der Waals surface area contributed by atoms with Crippen LogP contribution in [0.15, 0.2) is 23.0 Å². The number of hydrogen-bond acceptors (Lipinski definition) is 2. The van der Waals surface area contributed by atoms with Crippen LogP contribution in [0.2, 0.25) is 0 Å². The molecule has 0 bridgehead atoms. The molecule has 1 atom stereocenters. The average molecular weight is 248 g/mol. The van der Waals surface area contributed by atoms with Crippen LogP contribution in [0, 0.1) is 6.92 Å². The van der Waals surface area contributed by atoms with Crippen molar-refractivity contribution in [1.82, 2.24) is 9.55 Å². The Balaban J connectivity index is 2.18. The molecule has 4 heteroatoms. The first-order chi connectivity index (χ1) is 8.27. The van der Waals surface area contributed by atoms with Crippen LogP contribution in [0.25, 0.3) is 11.0 Å². The van der Waals surface area contributed by atoms with E-state index in [4.69, 9.17) is 0 Å². The molecule has 2 aromatic rings. The van der Waals surface area contributed by atoms with E-state index in [-0.39, 0.29) is 5.69 Å². The molecule has 1 aromatic carbocycles. The molecule has 1 saturated heterocycles. The van der Waals surface area contributed by atoms with E-state index in [0.29, 0.717) is 6.04 Å². The Bertz CT molecular complexity index is 593. The van der Waals surface area contributed by atoms with Crippen molar-refractivity contribution in [1.29, 1.82) is 0 Å². The van der Waals surface area contributed by atoms with Crippen molar-refractivity contribution in [2.24, 2.45) is 0 Å². The van der Waals surface area contributed by atoms with Gasteiger partial charge >= 0.3 is 5.69 Å². The summed E-state index contributed by atoms with van der Waals surface area (Å²) in [5.74, 6) is 2.29. The Hall–Kier alpha value is -1.16. The van der Waals surface area contributed by atoms with Gasteiger partial charge in [-0.3, -0.25) is 4.57 Å². The molecule has 1 unspecified atom stereocenters. The summed E-state index contributed by atoms with van der Waals surface area (Å²) >= 11 is 1.95. The minimum absolute atomic E-state index is 0.0433. The van der Waals surface area contributed by atoms with Gasteiger partial charge in [0.2, 0.25) is 0 Å². The molecule has 1 aliphatic heterocycles. The van der Waals surface area contributed by atoms with Crippen molar-refractivity contribution in [3.8, 4) is 0 Å². The second-order valence-corrected chi connectivity index (χ2v) is 5.79. The molecule has 1 fully saturated rings. The van der Waals surface area contributed by atoms with Gasteiger partial charge in [0.1, 0.15) is 0 Å². The highest BCUT2D eigenvalue weighted by molar-refractivity contribution is 7.99. The number of fused-ring (bicyclic) bond motifs is 1. The summed E-state index contributed by atoms with van der Waals surface area (Å²) in [5.41, 5.74) is 3.24. The van der Waals surface area contributed by atoms with E-state index in [2.05, 4.69) is 4.98 Å². The second-order valence-electron chi connectivity index (χ2n) is 4.64. The Morgan fingerprint density at radius 3 is 3.12 bits per heavy atom. The van der Waals surface area contributed by atoms with Gasteiger partial charge in [-0.2, -0.15) is 11.8 Å². The summed E-state index contributed by atoms with van der Waals surface area (Å²) < 4.78 is 1.95. The van der Waals surface area contributed by atoms with Gasteiger partial charge in [0.05, 0.1) is 11.0 Å². The summed E-state index contributed by atoms with van der Waals surface area (Å²) in [6, 6.07) is 6.46. The SMILES string of the molecule is Cc1cccc2c1[nH]c(=O)n2C1CCCSC1. The standard InChI is InChI=1S/C13H16N2OS/c1-9-4-2-6-11-12(9)14-13(16)15(11)10-5-3-7-17-8-10/h2,4,6,10H,3,5,7-8H2,1H3,(H,14,16). The number of imidazole rings is 1. The van der Waals surface area contributed by atoms with Crippen molar-refractivity contribution in [3.63, 3.8) is 0 Å². The van der Waals surface area contributed by atoms with Gasteiger partial charge < -0.3 is 4.98 Å². The molecule has 0 saturated carbocycles. The summed E-state index contributed by atoms with van der Waals surface area (Å²) in [6.45, 7) is 2.04. The minimum atomic E-state index is 0.0433. The third-order valence-electron chi connectivity index (χ3n) is 3.46. The van der Waals surface area contributed by atoms with Gasteiger partial charge in [0.25, 0.3) is 0 Å². The molecule has 17 heavy (non-hydrogen) atoms. The van der Waals surface area contributed by atoms with E-state index in [1.165, 1.54) is 12.2 Å². The number of para-hydroxylation sites is 1. The zero-order chi connectivity index (χ0) is 11.8. The van der Waals surface area contributed by atoms with Crippen molar-refractivity contribution in [2.75, 3.05) is 11.5 Å². The first kappa shape index (κ1) is 11.0. The largest absolute Gasteiger partial charge is 0.326 e. The molecule has 0 radical (unpaired) electrons. The smallest absolute Gasteiger partial charge is 0.305 e. The lowest BCUT2D eigenvalue weighted by atomic mass is 10.1. The van der Waals surface area contributed by atoms with Gasteiger partial charge in [-0.05, 0) is 37.1 Å². The third kappa shape index (κ3) is 1.80. The van der Waals surface area contributed by atoms with Crippen LogP contribution in [0.3, 0.4) is 0 Å². The van der Waals surface area contributed by atoms with E-state index in [9.17, 15) is 4.79 Å². The predicted molar refractivity (Wildman–Crippen MR) is 72.9 cm³/mol. The number of hydrogen-bond donors (Lipinski definition) is 1. The number of aromatic amines is 1. The molecule has 0 aliphatic carbocycles. The van der Waals surface area contributed by atoms with Crippen LogP contribution in [-0.2, 0) is 0 Å². The molecule has 1 aliphatic rings. The van der Waals surface area contributed by atoms with Crippen LogP contribution in [-0.4, -0.2) is 21.1 Å². The summed E-state index contributed by atoms with van der Waals surface area (Å²) in [4.78, 5) is 15.1. The lowest BCUT2D eigenvalue weighted by Gasteiger charge is -2.22. The van der Waals surface area contributed by atoms with Gasteiger partial charge in [-0.1, -0.05) is 12.1 Å². The number of H-pyrrole nitrogens is 1. The number of nitrogens with one attached hydrogen (secondary N) is 1. The average Bonchev–Trinajstić information content (AvgIpc) is 2.68. The fourth-order valence-electron chi connectivity index (χ4n) is 2.58. The fourth-order valence-corrected chi connectivity index (χ4v) is 3.71. The normalized spacial score (nSPS) is 20.9. The first-order valence-corrected chi connectivity index (χ1v) is 7.20. The van der Waals surface area contributed by atoms with Gasteiger partial charge in [0.15, 0.2) is 0 Å². The number of aryl methyl sites for hydroxylation is 1. The highest BCUT2D eigenvalue weighted by Crippen LogP contribution is 2.28. The zero-order valence-electron chi connectivity index (χ0n) is 9.90. The summed E-state index contributed by atoms with van der Waals surface area (Å²) in [5, 5.41) is 0. The lowest BCUT2D eigenvalue weighted by Crippen LogP contribution is -2.25. The number of rotatable bonds is 1. The first-order valence-electron chi connectivity index (χ1n) is 6.05. The highest BCUT2D eigenvalue weighted by atomic mass is 32.2.